The van der Waals surface area contributed by atoms with Crippen molar-refractivity contribution in [3.05, 3.63) is 46.8 Å². The van der Waals surface area contributed by atoms with E-state index >= 15 is 0 Å². The highest BCUT2D eigenvalue weighted by Gasteiger charge is 2.44. The number of piperidine rings is 1. The lowest BCUT2D eigenvalue weighted by atomic mass is 9.61. The molecule has 3 fully saturated rings. The number of hydrogen-bond acceptors (Lipinski definition) is 9. The summed E-state index contributed by atoms with van der Waals surface area (Å²) in [6.07, 6.45) is 13.0. The molecule has 0 spiro atoms. The number of nitrogens with two attached hydrogens (primary N) is 1. The Morgan fingerprint density at radius 3 is 2.69 bits per heavy atom. The maximum atomic E-state index is 13.6. The van der Waals surface area contributed by atoms with Crippen molar-refractivity contribution in [3.63, 3.8) is 0 Å². The van der Waals surface area contributed by atoms with Crippen LogP contribution in [0.15, 0.2) is 35.7 Å². The van der Waals surface area contributed by atoms with Crippen molar-refractivity contribution in [2.75, 3.05) is 20.2 Å². The number of nitrogens with one attached hydrogen (secondary N) is 2. The van der Waals surface area contributed by atoms with E-state index in [0.717, 1.165) is 61.8 Å². The van der Waals surface area contributed by atoms with E-state index in [9.17, 15) is 24.9 Å². The third-order valence-electron chi connectivity index (χ3n) is 12.1. The van der Waals surface area contributed by atoms with Gasteiger partial charge in [-0.05, 0) is 129 Å². The number of phenols is 1. The van der Waals surface area contributed by atoms with Crippen LogP contribution >= 0.6 is 0 Å². The summed E-state index contributed by atoms with van der Waals surface area (Å²) in [6, 6.07) is 3.84. The lowest BCUT2D eigenvalue weighted by molar-refractivity contribution is -0.124. The minimum atomic E-state index is -0.843. The van der Waals surface area contributed by atoms with Crippen LogP contribution in [0.1, 0.15) is 101 Å². The normalized spacial score (nSPS) is 31.0. The van der Waals surface area contributed by atoms with Crippen LogP contribution in [0.25, 0.3) is 0 Å². The molecule has 9 heteroatoms. The molecule has 7 N–H and O–H groups in total. The number of ether oxygens (including phenoxy) is 1. The molecule has 1 aromatic rings. The second kappa shape index (κ2) is 16.1. The van der Waals surface area contributed by atoms with Crippen molar-refractivity contribution < 1.29 is 29.6 Å². The van der Waals surface area contributed by atoms with E-state index in [4.69, 9.17) is 10.5 Å². The molecule has 1 saturated heterocycles. The third kappa shape index (κ3) is 8.71. The molecule has 0 aromatic heterocycles. The standard InChI is InChI=1S/C40H55N3O6/c1-49-39-20-27-7-15-37(47)33(36(46)14-4-24-3-11-31-28(18-24)23-43-35-21-30(45)10-13-32(31)35)12-6-26(34(27)22-38(39)48)5-9-29(44)8-2-25-16-17-42-40(41)19-25/h16,19-20,22,24,26,28-29,31-33,35-36,42-44,46,48H,2-5,7-11,13-15,17-18,21,23,41H2,1H3. The van der Waals surface area contributed by atoms with E-state index < -0.39 is 18.1 Å². The first-order chi connectivity index (χ1) is 23.7. The van der Waals surface area contributed by atoms with Crippen molar-refractivity contribution in [3.8, 4) is 23.3 Å². The summed E-state index contributed by atoms with van der Waals surface area (Å²) in [5.74, 6) is 9.25. The minimum absolute atomic E-state index is 0.0216. The number of aliphatic hydroxyl groups is 2. The molecule has 9 unspecified atom stereocenters. The molecular formula is C40H55N3O6. The Balaban J connectivity index is 1.10. The maximum Gasteiger partial charge on any atom is 0.160 e. The van der Waals surface area contributed by atoms with Gasteiger partial charge in [-0.3, -0.25) is 9.59 Å². The van der Waals surface area contributed by atoms with Crippen molar-refractivity contribution >= 4 is 11.6 Å². The van der Waals surface area contributed by atoms with Crippen LogP contribution in [0, 0.1) is 41.4 Å². The summed E-state index contributed by atoms with van der Waals surface area (Å²) >= 11 is 0. The lowest BCUT2D eigenvalue weighted by Gasteiger charge is -2.49. The predicted octanol–water partition coefficient (Wildman–Crippen LogP) is 4.38. The van der Waals surface area contributed by atoms with Crippen LogP contribution in [0.3, 0.4) is 0 Å². The number of carbonyl (C=O) groups is 2. The molecule has 49 heavy (non-hydrogen) atoms. The van der Waals surface area contributed by atoms with E-state index in [0.29, 0.717) is 92.1 Å². The number of allylic oxidation sites excluding steroid dienone is 2. The molecule has 5 aliphatic rings. The van der Waals surface area contributed by atoms with Gasteiger partial charge in [0.15, 0.2) is 17.3 Å². The van der Waals surface area contributed by atoms with Crippen molar-refractivity contribution in [1.82, 2.24) is 10.6 Å². The first kappa shape index (κ1) is 35.5. The Hall–Kier alpha value is -3.32. The number of benzene rings is 1. The smallest absolute Gasteiger partial charge is 0.160 e. The SMILES string of the molecule is COc1cc2c(cc1O)C(CCC(O)CCC1=CCNC(N)=C1)C#CC(C(O)CCC1CCC3C(CNC4CC(=O)CCC43)C1)C(=O)CC2. The van der Waals surface area contributed by atoms with Crippen LogP contribution in [0.5, 0.6) is 11.5 Å². The molecule has 2 saturated carbocycles. The summed E-state index contributed by atoms with van der Waals surface area (Å²) in [6.45, 7) is 1.66. The van der Waals surface area contributed by atoms with Crippen molar-refractivity contribution in [2.24, 2.45) is 35.3 Å². The van der Waals surface area contributed by atoms with Crippen LogP contribution in [0.4, 0.5) is 0 Å². The van der Waals surface area contributed by atoms with E-state index in [2.05, 4.69) is 28.6 Å². The second-order valence-electron chi connectivity index (χ2n) is 15.2. The van der Waals surface area contributed by atoms with Gasteiger partial charge in [-0.15, -0.1) is 0 Å². The fourth-order valence-corrected chi connectivity index (χ4v) is 9.34. The third-order valence-corrected chi connectivity index (χ3v) is 12.1. The van der Waals surface area contributed by atoms with Gasteiger partial charge in [0.05, 0.1) is 25.1 Å². The largest absolute Gasteiger partial charge is 0.504 e. The molecule has 2 heterocycles. The quantitative estimate of drug-likeness (QED) is 0.188. The minimum Gasteiger partial charge on any atom is -0.504 e. The predicted molar refractivity (Wildman–Crippen MR) is 189 cm³/mol. The molecule has 9 nitrogen and oxygen atoms in total. The zero-order valence-electron chi connectivity index (χ0n) is 29.0. The van der Waals surface area contributed by atoms with Gasteiger partial charge in [0.25, 0.3) is 0 Å². The summed E-state index contributed by atoms with van der Waals surface area (Å²) < 4.78 is 5.39. The first-order valence-corrected chi connectivity index (χ1v) is 18.6. The zero-order valence-corrected chi connectivity index (χ0v) is 29.0. The van der Waals surface area contributed by atoms with Gasteiger partial charge in [-0.1, -0.05) is 24.3 Å². The molecule has 0 bridgehead atoms. The Morgan fingerprint density at radius 2 is 1.88 bits per heavy atom. The average molecular weight is 674 g/mol. The van der Waals surface area contributed by atoms with E-state index in [-0.39, 0.29) is 23.9 Å². The maximum absolute atomic E-state index is 13.6. The summed E-state index contributed by atoms with van der Waals surface area (Å²) in [5.41, 5.74) is 8.75. The summed E-state index contributed by atoms with van der Waals surface area (Å²) in [5, 5.41) is 39.9. The van der Waals surface area contributed by atoms with Gasteiger partial charge < -0.3 is 36.4 Å². The monoisotopic (exact) mass is 673 g/mol. The van der Waals surface area contributed by atoms with Crippen LogP contribution in [0.2, 0.25) is 0 Å². The molecular weight excluding hydrogens is 618 g/mol. The highest BCUT2D eigenvalue weighted by molar-refractivity contribution is 5.85. The fourth-order valence-electron chi connectivity index (χ4n) is 9.34. The molecule has 2 aliphatic heterocycles. The van der Waals surface area contributed by atoms with Crippen molar-refractivity contribution in [1.29, 1.82) is 0 Å². The fraction of sp³-hybridized carbons (Fsp3) is 0.650. The summed E-state index contributed by atoms with van der Waals surface area (Å²) in [7, 11) is 1.51. The number of aryl methyl sites for hydroxylation is 1. The van der Waals surface area contributed by atoms with Crippen LogP contribution < -0.4 is 21.1 Å². The van der Waals surface area contributed by atoms with Crippen LogP contribution in [-0.2, 0) is 16.0 Å². The number of ketones is 2. The highest BCUT2D eigenvalue weighted by atomic mass is 16.5. The van der Waals surface area contributed by atoms with Gasteiger partial charge >= 0.3 is 0 Å². The van der Waals surface area contributed by atoms with Gasteiger partial charge in [0.1, 0.15) is 11.7 Å². The zero-order chi connectivity index (χ0) is 34.5. The van der Waals surface area contributed by atoms with E-state index in [1.165, 1.54) is 13.5 Å². The Labute approximate surface area is 291 Å². The lowest BCUT2D eigenvalue weighted by Crippen LogP contribution is -2.54. The molecule has 9 atom stereocenters. The first-order valence-electron chi connectivity index (χ1n) is 18.6. The van der Waals surface area contributed by atoms with E-state index in [1.54, 1.807) is 12.1 Å². The van der Waals surface area contributed by atoms with Gasteiger partial charge in [-0.25, -0.2) is 0 Å². The van der Waals surface area contributed by atoms with Gasteiger partial charge in [0.2, 0.25) is 0 Å². The Kier molecular flexibility index (Phi) is 11.7. The number of methoxy groups -OCH3 is 1. The topological polar surface area (TPSA) is 154 Å². The number of carbonyl (C=O) groups excluding carboxylic acids is 2. The molecule has 6 rings (SSSR count). The Bertz CT molecular complexity index is 1490. The van der Waals surface area contributed by atoms with E-state index in [1.807, 2.05) is 6.08 Å². The number of phenolic OH excluding ortho intramolecular Hbond substituents is 1. The summed E-state index contributed by atoms with van der Waals surface area (Å²) in [4.78, 5) is 25.6. The molecule has 0 radical (unpaired) electrons. The number of dihydropyridines is 1. The highest BCUT2D eigenvalue weighted by Crippen LogP contribution is 2.46. The van der Waals surface area contributed by atoms with Gasteiger partial charge in [0, 0.05) is 37.8 Å². The Morgan fingerprint density at radius 1 is 1.02 bits per heavy atom. The number of Topliss-reactive ketones (excluding diaryl/α,β-unsaturated/α-hetero) is 2. The number of fused-ring (bicyclic) bond motifs is 4. The number of hydrogen-bond donors (Lipinski definition) is 6. The van der Waals surface area contributed by atoms with Crippen molar-refractivity contribution in [2.45, 2.75) is 114 Å². The number of aromatic hydroxyl groups is 1. The molecule has 3 aliphatic carbocycles. The number of rotatable bonds is 11. The van der Waals surface area contributed by atoms with Gasteiger partial charge in [-0.2, -0.15) is 0 Å². The molecule has 0 amide bonds. The second-order valence-corrected chi connectivity index (χ2v) is 15.2. The molecule has 266 valence electrons. The average Bonchev–Trinajstić information content (AvgIpc) is 3.16. The molecule has 1 aromatic carbocycles. The van der Waals surface area contributed by atoms with Crippen LogP contribution in [-0.4, -0.2) is 65.3 Å². The number of aliphatic hydroxyl groups excluding tert-OH is 2.